The molecular weight excluding hydrogens is 201 g/mol. The zero-order chi connectivity index (χ0) is 12.1. The van der Waals surface area contributed by atoms with Crippen molar-refractivity contribution in [3.63, 3.8) is 0 Å². The molecular formula is C14H22FN. The van der Waals surface area contributed by atoms with E-state index in [-0.39, 0.29) is 5.82 Å². The smallest absolute Gasteiger partial charge is 0.126 e. The second kappa shape index (κ2) is 6.00. The van der Waals surface area contributed by atoms with Crippen molar-refractivity contribution in [3.05, 3.63) is 34.6 Å². The lowest BCUT2D eigenvalue weighted by Crippen LogP contribution is -2.24. The summed E-state index contributed by atoms with van der Waals surface area (Å²) in [5.74, 6) is -0.0524. The minimum Gasteiger partial charge on any atom is -0.317 e. The van der Waals surface area contributed by atoms with Crippen LogP contribution in [0, 0.1) is 19.7 Å². The van der Waals surface area contributed by atoms with E-state index in [9.17, 15) is 4.39 Å². The molecule has 16 heavy (non-hydrogen) atoms. The SMILES string of the molecule is CCC(CCc1c(C)cc(C)cc1F)NC. The van der Waals surface area contributed by atoms with E-state index in [4.69, 9.17) is 0 Å². The van der Waals surface area contributed by atoms with Gasteiger partial charge in [-0.2, -0.15) is 0 Å². The maximum atomic E-state index is 13.7. The van der Waals surface area contributed by atoms with Gasteiger partial charge < -0.3 is 5.32 Å². The molecule has 1 rings (SSSR count). The van der Waals surface area contributed by atoms with Crippen molar-refractivity contribution in [2.45, 2.75) is 46.1 Å². The number of rotatable bonds is 5. The van der Waals surface area contributed by atoms with E-state index in [1.807, 2.05) is 20.9 Å². The number of hydrogen-bond acceptors (Lipinski definition) is 1. The van der Waals surface area contributed by atoms with Crippen molar-refractivity contribution in [1.82, 2.24) is 5.32 Å². The van der Waals surface area contributed by atoms with Crippen molar-refractivity contribution in [2.24, 2.45) is 0 Å². The lowest BCUT2D eigenvalue weighted by atomic mass is 9.98. The number of aryl methyl sites for hydroxylation is 2. The van der Waals surface area contributed by atoms with E-state index in [1.165, 1.54) is 0 Å². The average molecular weight is 223 g/mol. The fraction of sp³-hybridized carbons (Fsp3) is 0.571. The standard InChI is InChI=1S/C14H22FN/c1-5-12(16-4)6-7-13-11(3)8-10(2)9-14(13)15/h8-9,12,16H,5-7H2,1-4H3. The summed E-state index contributed by atoms with van der Waals surface area (Å²) in [6.07, 6.45) is 2.90. The van der Waals surface area contributed by atoms with Gasteiger partial charge >= 0.3 is 0 Å². The molecule has 0 saturated carbocycles. The molecule has 0 aliphatic rings. The minimum atomic E-state index is -0.0524. The fourth-order valence-electron chi connectivity index (χ4n) is 2.13. The Bertz CT molecular complexity index is 320. The zero-order valence-electron chi connectivity index (χ0n) is 10.7. The molecule has 0 bridgehead atoms. The van der Waals surface area contributed by atoms with Crippen molar-refractivity contribution in [2.75, 3.05) is 7.05 Å². The van der Waals surface area contributed by atoms with E-state index < -0.39 is 0 Å². The highest BCUT2D eigenvalue weighted by Gasteiger charge is 2.09. The second-order valence-corrected chi connectivity index (χ2v) is 4.47. The Morgan fingerprint density at radius 3 is 2.50 bits per heavy atom. The van der Waals surface area contributed by atoms with Crippen LogP contribution >= 0.6 is 0 Å². The molecule has 1 atom stereocenters. The summed E-state index contributed by atoms with van der Waals surface area (Å²) in [6, 6.07) is 4.17. The van der Waals surface area contributed by atoms with Crippen LogP contribution in [0.4, 0.5) is 4.39 Å². The molecule has 0 aliphatic carbocycles. The summed E-state index contributed by atoms with van der Waals surface area (Å²) in [4.78, 5) is 0. The van der Waals surface area contributed by atoms with Crippen molar-refractivity contribution >= 4 is 0 Å². The third kappa shape index (κ3) is 3.31. The summed E-state index contributed by atoms with van der Waals surface area (Å²) in [5, 5.41) is 3.25. The molecule has 0 aliphatic heterocycles. The molecule has 0 amide bonds. The zero-order valence-corrected chi connectivity index (χ0v) is 10.7. The summed E-state index contributed by atoms with van der Waals surface area (Å²) in [6.45, 7) is 6.08. The highest BCUT2D eigenvalue weighted by atomic mass is 19.1. The number of benzene rings is 1. The first-order valence-corrected chi connectivity index (χ1v) is 6.01. The monoisotopic (exact) mass is 223 g/mol. The summed E-state index contributed by atoms with van der Waals surface area (Å²) in [5.41, 5.74) is 2.95. The number of hydrogen-bond donors (Lipinski definition) is 1. The summed E-state index contributed by atoms with van der Waals surface area (Å²) >= 11 is 0. The Morgan fingerprint density at radius 2 is 2.00 bits per heavy atom. The predicted molar refractivity (Wildman–Crippen MR) is 67.3 cm³/mol. The molecule has 1 aromatic rings. The van der Waals surface area contributed by atoms with Gasteiger partial charge in [0.05, 0.1) is 0 Å². The Morgan fingerprint density at radius 1 is 1.31 bits per heavy atom. The van der Waals surface area contributed by atoms with Crippen molar-refractivity contribution in [1.29, 1.82) is 0 Å². The van der Waals surface area contributed by atoms with Crippen LogP contribution in [-0.2, 0) is 6.42 Å². The number of nitrogens with one attached hydrogen (secondary N) is 1. The van der Waals surface area contributed by atoms with Gasteiger partial charge in [0.25, 0.3) is 0 Å². The summed E-state index contributed by atoms with van der Waals surface area (Å²) in [7, 11) is 1.96. The Labute approximate surface area is 98.1 Å². The first-order valence-electron chi connectivity index (χ1n) is 6.01. The summed E-state index contributed by atoms with van der Waals surface area (Å²) < 4.78 is 13.7. The maximum Gasteiger partial charge on any atom is 0.126 e. The predicted octanol–water partition coefficient (Wildman–Crippen LogP) is 3.37. The van der Waals surface area contributed by atoms with Crippen LogP contribution in [0.5, 0.6) is 0 Å². The van der Waals surface area contributed by atoms with Gasteiger partial charge in [-0.15, -0.1) is 0 Å². The third-order valence-electron chi connectivity index (χ3n) is 3.21. The lowest BCUT2D eigenvalue weighted by molar-refractivity contribution is 0.500. The van der Waals surface area contributed by atoms with Crippen molar-refractivity contribution in [3.8, 4) is 0 Å². The van der Waals surface area contributed by atoms with Crippen molar-refractivity contribution < 1.29 is 4.39 Å². The molecule has 1 aromatic carbocycles. The lowest BCUT2D eigenvalue weighted by Gasteiger charge is -2.15. The van der Waals surface area contributed by atoms with Gasteiger partial charge in [-0.25, -0.2) is 4.39 Å². The van der Waals surface area contributed by atoms with Gasteiger partial charge in [0.2, 0.25) is 0 Å². The third-order valence-corrected chi connectivity index (χ3v) is 3.21. The van der Waals surface area contributed by atoms with Gasteiger partial charge in [0.15, 0.2) is 0 Å². The Hall–Kier alpha value is -0.890. The van der Waals surface area contributed by atoms with Crippen LogP contribution in [0.2, 0.25) is 0 Å². The molecule has 0 fully saturated rings. The molecule has 0 saturated heterocycles. The Kier molecular flexibility index (Phi) is 4.94. The van der Waals surface area contributed by atoms with Gasteiger partial charge in [-0.1, -0.05) is 13.0 Å². The highest BCUT2D eigenvalue weighted by Crippen LogP contribution is 2.18. The first kappa shape index (κ1) is 13.2. The molecule has 0 spiro atoms. The first-order chi connectivity index (χ1) is 7.58. The quantitative estimate of drug-likeness (QED) is 0.807. The molecule has 1 unspecified atom stereocenters. The molecule has 0 radical (unpaired) electrons. The minimum absolute atomic E-state index is 0.0524. The van der Waals surface area contributed by atoms with Gasteiger partial charge in [0.1, 0.15) is 5.82 Å². The fourth-order valence-corrected chi connectivity index (χ4v) is 2.13. The van der Waals surface area contributed by atoms with Crippen LogP contribution in [0.3, 0.4) is 0 Å². The molecule has 0 heterocycles. The van der Waals surface area contributed by atoms with E-state index in [0.29, 0.717) is 6.04 Å². The van der Waals surface area contributed by atoms with Crippen LogP contribution in [-0.4, -0.2) is 13.1 Å². The average Bonchev–Trinajstić information content (AvgIpc) is 2.22. The topological polar surface area (TPSA) is 12.0 Å². The van der Waals surface area contributed by atoms with Gasteiger partial charge in [-0.3, -0.25) is 0 Å². The van der Waals surface area contributed by atoms with E-state index >= 15 is 0 Å². The van der Waals surface area contributed by atoms with E-state index in [2.05, 4.69) is 18.3 Å². The van der Waals surface area contributed by atoms with E-state index in [0.717, 1.165) is 36.0 Å². The molecule has 90 valence electrons. The van der Waals surface area contributed by atoms with E-state index in [1.54, 1.807) is 6.07 Å². The molecule has 0 aromatic heterocycles. The van der Waals surface area contributed by atoms with Crippen LogP contribution in [0.25, 0.3) is 0 Å². The Balaban J connectivity index is 2.74. The molecule has 2 heteroatoms. The van der Waals surface area contributed by atoms with Crippen LogP contribution in [0.15, 0.2) is 12.1 Å². The van der Waals surface area contributed by atoms with Gasteiger partial charge in [-0.05, 0) is 62.9 Å². The second-order valence-electron chi connectivity index (χ2n) is 4.47. The van der Waals surface area contributed by atoms with Crippen LogP contribution < -0.4 is 5.32 Å². The molecule has 1 nitrogen and oxygen atoms in total. The maximum absolute atomic E-state index is 13.7. The number of halogens is 1. The largest absolute Gasteiger partial charge is 0.317 e. The van der Waals surface area contributed by atoms with Crippen LogP contribution in [0.1, 0.15) is 36.5 Å². The molecule has 1 N–H and O–H groups in total. The highest BCUT2D eigenvalue weighted by molar-refractivity contribution is 5.32. The normalized spacial score (nSPS) is 12.8. The van der Waals surface area contributed by atoms with Gasteiger partial charge in [0, 0.05) is 6.04 Å².